The van der Waals surface area contributed by atoms with Crippen molar-refractivity contribution >= 4 is 27.5 Å². The number of rotatable bonds is 2. The second-order valence-corrected chi connectivity index (χ2v) is 6.07. The van der Waals surface area contributed by atoms with Gasteiger partial charge in [0, 0.05) is 12.6 Å². The van der Waals surface area contributed by atoms with Gasteiger partial charge in [0.25, 0.3) is 5.91 Å². The third-order valence-electron chi connectivity index (χ3n) is 3.50. The van der Waals surface area contributed by atoms with Crippen molar-refractivity contribution in [1.29, 1.82) is 0 Å². The van der Waals surface area contributed by atoms with Gasteiger partial charge in [-0.05, 0) is 48.9 Å². The number of fused-ring (bicyclic) bond motifs is 1. The molecule has 3 rings (SSSR count). The summed E-state index contributed by atoms with van der Waals surface area (Å²) in [7, 11) is 3.52. The van der Waals surface area contributed by atoms with Crippen molar-refractivity contribution < 1.29 is 9.53 Å². The van der Waals surface area contributed by atoms with E-state index in [4.69, 9.17) is 4.74 Å². The summed E-state index contributed by atoms with van der Waals surface area (Å²) in [5, 5.41) is 0. The molecule has 4 nitrogen and oxygen atoms in total. The van der Waals surface area contributed by atoms with E-state index in [1.165, 1.54) is 16.9 Å². The van der Waals surface area contributed by atoms with E-state index in [0.29, 0.717) is 10.4 Å². The standard InChI is InChI=1S/C17H16N2O2S/c1-11-4-9-14-15(10-11)22-17(19(14)2)18-16(20)12-5-7-13(21-3)8-6-12/h4-10H,1-3H3. The monoisotopic (exact) mass is 312 g/mol. The zero-order chi connectivity index (χ0) is 15.7. The average Bonchev–Trinajstić information content (AvgIpc) is 2.82. The second kappa shape index (κ2) is 5.77. The number of carbonyl (C=O) groups is 1. The van der Waals surface area contributed by atoms with Gasteiger partial charge in [0.2, 0.25) is 0 Å². The van der Waals surface area contributed by atoms with Crippen LogP contribution in [0.4, 0.5) is 0 Å². The van der Waals surface area contributed by atoms with Crippen molar-refractivity contribution in [2.24, 2.45) is 12.0 Å². The van der Waals surface area contributed by atoms with Crippen molar-refractivity contribution in [2.45, 2.75) is 6.92 Å². The molecular formula is C17H16N2O2S. The van der Waals surface area contributed by atoms with Gasteiger partial charge in [0.05, 0.1) is 17.3 Å². The zero-order valence-corrected chi connectivity index (χ0v) is 13.5. The van der Waals surface area contributed by atoms with Crippen LogP contribution in [-0.2, 0) is 7.05 Å². The highest BCUT2D eigenvalue weighted by molar-refractivity contribution is 7.16. The number of aromatic nitrogens is 1. The number of hydrogen-bond acceptors (Lipinski definition) is 3. The average molecular weight is 312 g/mol. The first-order valence-corrected chi connectivity index (χ1v) is 7.69. The number of hydrogen-bond donors (Lipinski definition) is 0. The molecule has 0 aliphatic carbocycles. The van der Waals surface area contributed by atoms with Crippen LogP contribution in [0.15, 0.2) is 47.5 Å². The quantitative estimate of drug-likeness (QED) is 0.729. The fraction of sp³-hybridized carbons (Fsp3) is 0.176. The third-order valence-corrected chi connectivity index (χ3v) is 4.59. The molecule has 0 unspecified atom stereocenters. The van der Waals surface area contributed by atoms with Gasteiger partial charge < -0.3 is 9.30 Å². The highest BCUT2D eigenvalue weighted by Gasteiger charge is 2.07. The molecule has 0 saturated carbocycles. The summed E-state index contributed by atoms with van der Waals surface area (Å²) in [6.45, 7) is 2.05. The van der Waals surface area contributed by atoms with Crippen molar-refractivity contribution in [3.63, 3.8) is 0 Å². The summed E-state index contributed by atoms with van der Waals surface area (Å²) in [6.07, 6.45) is 0. The summed E-state index contributed by atoms with van der Waals surface area (Å²) in [4.78, 5) is 17.2. The fourth-order valence-electron chi connectivity index (χ4n) is 2.23. The maximum Gasteiger partial charge on any atom is 0.279 e. The number of aryl methyl sites for hydroxylation is 2. The lowest BCUT2D eigenvalue weighted by molar-refractivity contribution is 0.0998. The van der Waals surface area contributed by atoms with Crippen molar-refractivity contribution in [3.8, 4) is 5.75 Å². The number of thiazole rings is 1. The van der Waals surface area contributed by atoms with Crippen LogP contribution >= 0.6 is 11.3 Å². The zero-order valence-electron chi connectivity index (χ0n) is 12.7. The van der Waals surface area contributed by atoms with E-state index in [-0.39, 0.29) is 5.91 Å². The van der Waals surface area contributed by atoms with E-state index < -0.39 is 0 Å². The molecule has 0 aliphatic rings. The van der Waals surface area contributed by atoms with Gasteiger partial charge >= 0.3 is 0 Å². The normalized spacial score (nSPS) is 11.9. The van der Waals surface area contributed by atoms with Crippen LogP contribution in [0.25, 0.3) is 10.2 Å². The molecule has 0 fully saturated rings. The lowest BCUT2D eigenvalue weighted by Gasteiger charge is -1.99. The van der Waals surface area contributed by atoms with Crippen LogP contribution in [0.1, 0.15) is 15.9 Å². The van der Waals surface area contributed by atoms with Crippen LogP contribution in [0.5, 0.6) is 5.75 Å². The Bertz CT molecular complexity index is 905. The first-order valence-electron chi connectivity index (χ1n) is 6.88. The maximum atomic E-state index is 12.3. The molecule has 0 radical (unpaired) electrons. The van der Waals surface area contributed by atoms with E-state index in [0.717, 1.165) is 16.0 Å². The van der Waals surface area contributed by atoms with Crippen molar-refractivity contribution in [2.75, 3.05) is 7.11 Å². The van der Waals surface area contributed by atoms with E-state index in [1.54, 1.807) is 31.4 Å². The van der Waals surface area contributed by atoms with Crippen molar-refractivity contribution in [3.05, 3.63) is 58.4 Å². The van der Waals surface area contributed by atoms with Gasteiger partial charge in [-0.3, -0.25) is 4.79 Å². The van der Waals surface area contributed by atoms with E-state index in [9.17, 15) is 4.79 Å². The Morgan fingerprint density at radius 2 is 1.91 bits per heavy atom. The Hall–Kier alpha value is -2.40. The topological polar surface area (TPSA) is 43.6 Å². The van der Waals surface area contributed by atoms with Gasteiger partial charge in [-0.25, -0.2) is 0 Å². The Morgan fingerprint density at radius 3 is 2.59 bits per heavy atom. The minimum Gasteiger partial charge on any atom is -0.497 e. The highest BCUT2D eigenvalue weighted by atomic mass is 32.1. The molecule has 1 amide bonds. The van der Waals surface area contributed by atoms with Crippen LogP contribution in [0, 0.1) is 6.92 Å². The molecule has 0 saturated heterocycles. The summed E-state index contributed by atoms with van der Waals surface area (Å²) < 4.78 is 8.17. The van der Waals surface area contributed by atoms with E-state index in [2.05, 4.69) is 30.1 Å². The molecule has 0 N–H and O–H groups in total. The summed E-state index contributed by atoms with van der Waals surface area (Å²) in [6, 6.07) is 13.2. The minimum absolute atomic E-state index is 0.249. The molecule has 1 heterocycles. The number of methoxy groups -OCH3 is 1. The first-order chi connectivity index (χ1) is 10.6. The van der Waals surface area contributed by atoms with Gasteiger partial charge in [-0.2, -0.15) is 4.99 Å². The molecule has 0 spiro atoms. The summed E-state index contributed by atoms with van der Waals surface area (Å²) >= 11 is 1.52. The second-order valence-electron chi connectivity index (χ2n) is 5.06. The third kappa shape index (κ3) is 2.67. The maximum absolute atomic E-state index is 12.3. The van der Waals surface area contributed by atoms with Gasteiger partial charge in [0.15, 0.2) is 4.80 Å². The Kier molecular flexibility index (Phi) is 3.81. The van der Waals surface area contributed by atoms with Gasteiger partial charge in [-0.15, -0.1) is 0 Å². The van der Waals surface area contributed by atoms with Gasteiger partial charge in [0.1, 0.15) is 5.75 Å². The van der Waals surface area contributed by atoms with Crippen molar-refractivity contribution in [1.82, 2.24) is 4.57 Å². The number of ether oxygens (including phenoxy) is 1. The molecule has 5 heteroatoms. The molecule has 2 aromatic carbocycles. The molecule has 3 aromatic rings. The van der Waals surface area contributed by atoms with E-state index in [1.807, 2.05) is 11.6 Å². The summed E-state index contributed by atoms with van der Waals surface area (Å²) in [5.74, 6) is 0.473. The Labute approximate surface area is 132 Å². The first kappa shape index (κ1) is 14.5. The SMILES string of the molecule is COc1ccc(C(=O)N=c2sc3cc(C)ccc3n2C)cc1. The lowest BCUT2D eigenvalue weighted by atomic mass is 10.2. The molecule has 112 valence electrons. The number of nitrogens with zero attached hydrogens (tertiary/aromatic N) is 2. The molecule has 22 heavy (non-hydrogen) atoms. The van der Waals surface area contributed by atoms with E-state index >= 15 is 0 Å². The molecular weight excluding hydrogens is 296 g/mol. The fourth-order valence-corrected chi connectivity index (χ4v) is 3.35. The lowest BCUT2D eigenvalue weighted by Crippen LogP contribution is -2.13. The smallest absolute Gasteiger partial charge is 0.279 e. The van der Waals surface area contributed by atoms with Crippen LogP contribution in [0.3, 0.4) is 0 Å². The minimum atomic E-state index is -0.249. The highest BCUT2D eigenvalue weighted by Crippen LogP contribution is 2.18. The number of amides is 1. The van der Waals surface area contributed by atoms with Gasteiger partial charge in [-0.1, -0.05) is 17.4 Å². The molecule has 1 aromatic heterocycles. The van der Waals surface area contributed by atoms with Crippen LogP contribution in [-0.4, -0.2) is 17.6 Å². The predicted octanol–water partition coefficient (Wildman–Crippen LogP) is 3.30. The predicted molar refractivity (Wildman–Crippen MR) is 88.4 cm³/mol. The largest absolute Gasteiger partial charge is 0.497 e. The number of carbonyl (C=O) groups excluding carboxylic acids is 1. The Balaban J connectivity index is 2.03. The van der Waals surface area contributed by atoms with Crippen LogP contribution in [0.2, 0.25) is 0 Å². The molecule has 0 bridgehead atoms. The molecule has 0 aliphatic heterocycles. The number of benzene rings is 2. The summed E-state index contributed by atoms with van der Waals surface area (Å²) in [5.41, 5.74) is 2.83. The Morgan fingerprint density at radius 1 is 1.18 bits per heavy atom. The molecule has 0 atom stereocenters. The van der Waals surface area contributed by atoms with Crippen LogP contribution < -0.4 is 9.54 Å².